The first-order valence-corrected chi connectivity index (χ1v) is 14.0. The first-order chi connectivity index (χ1) is 19.1. The fourth-order valence-electron chi connectivity index (χ4n) is 3.92. The van der Waals surface area contributed by atoms with Crippen LogP contribution in [-0.4, -0.2) is 44.3 Å². The molecule has 0 aliphatic carbocycles. The zero-order chi connectivity index (χ0) is 28.9. The maximum Gasteiger partial charge on any atom is 0.261 e. The van der Waals surface area contributed by atoms with E-state index in [2.05, 4.69) is 10.3 Å². The first kappa shape index (κ1) is 28.6. The van der Waals surface area contributed by atoms with Gasteiger partial charge in [-0.05, 0) is 71.4 Å². The zero-order valence-electron chi connectivity index (χ0n) is 21.7. The van der Waals surface area contributed by atoms with Gasteiger partial charge in [0, 0.05) is 33.9 Å². The van der Waals surface area contributed by atoms with Crippen molar-refractivity contribution < 1.29 is 32.0 Å². The molecule has 0 aliphatic heterocycles. The Morgan fingerprint density at radius 2 is 1.55 bits per heavy atom. The van der Waals surface area contributed by atoms with Gasteiger partial charge in [-0.3, -0.25) is 14.3 Å². The van der Waals surface area contributed by atoms with Crippen LogP contribution < -0.4 is 19.5 Å². The fraction of sp³-hybridized carbons (Fsp3) is 0.103. The van der Waals surface area contributed by atoms with Gasteiger partial charge in [0.05, 0.1) is 26.0 Å². The van der Waals surface area contributed by atoms with E-state index in [1.54, 1.807) is 56.8 Å². The van der Waals surface area contributed by atoms with Crippen molar-refractivity contribution in [3.63, 3.8) is 0 Å². The van der Waals surface area contributed by atoms with Crippen LogP contribution in [0.3, 0.4) is 0 Å². The number of anilines is 1. The predicted octanol–water partition coefficient (Wildman–Crippen LogP) is 6.61. The van der Waals surface area contributed by atoms with Crippen LogP contribution in [0.15, 0.2) is 85.1 Å². The highest BCUT2D eigenvalue weighted by molar-refractivity contribution is 7.85. The van der Waals surface area contributed by atoms with E-state index in [1.165, 1.54) is 0 Å². The number of halogens is 1. The number of nitrogens with one attached hydrogen (secondary N) is 1. The third kappa shape index (κ3) is 7.17. The lowest BCUT2D eigenvalue weighted by Gasteiger charge is -2.13. The number of methoxy groups -OCH3 is 2. The minimum absolute atomic E-state index is 0.201. The van der Waals surface area contributed by atoms with Gasteiger partial charge in [-0.25, -0.2) is 0 Å². The summed E-state index contributed by atoms with van der Waals surface area (Å²) in [6.07, 6.45) is 2.40. The van der Waals surface area contributed by atoms with Crippen LogP contribution in [0, 0.1) is 0 Å². The van der Waals surface area contributed by atoms with Crippen molar-refractivity contribution >= 4 is 55.0 Å². The molecule has 5 aromatic rings. The van der Waals surface area contributed by atoms with Gasteiger partial charge >= 0.3 is 0 Å². The predicted molar refractivity (Wildman–Crippen MR) is 156 cm³/mol. The summed E-state index contributed by atoms with van der Waals surface area (Å²) in [5.74, 6) is 2.25. The molecule has 0 unspecified atom stereocenters. The number of carbonyl (C=O) groups excluding carboxylic acids is 1. The average Bonchev–Trinajstić information content (AvgIpc) is 2.92. The lowest BCUT2D eigenvalue weighted by Crippen LogP contribution is -2.12. The number of pyridine rings is 1. The van der Waals surface area contributed by atoms with E-state index in [0.717, 1.165) is 21.7 Å². The smallest absolute Gasteiger partial charge is 0.261 e. The Balaban J connectivity index is 0.000000681. The van der Waals surface area contributed by atoms with E-state index in [0.29, 0.717) is 45.5 Å². The molecule has 0 radical (unpaired) electrons. The van der Waals surface area contributed by atoms with Gasteiger partial charge in [-0.1, -0.05) is 23.7 Å². The first-order valence-electron chi connectivity index (χ1n) is 11.8. The molecule has 0 atom stereocenters. The summed E-state index contributed by atoms with van der Waals surface area (Å²) in [7, 11) is -0.492. The number of ether oxygens (including phenoxy) is 3. The van der Waals surface area contributed by atoms with Gasteiger partial charge in [0.15, 0.2) is 11.5 Å². The summed E-state index contributed by atoms with van der Waals surface area (Å²) >= 11 is 5.94. The van der Waals surface area contributed by atoms with Crippen molar-refractivity contribution in [1.82, 2.24) is 4.98 Å². The van der Waals surface area contributed by atoms with Crippen molar-refractivity contribution in [1.29, 1.82) is 0 Å². The van der Waals surface area contributed by atoms with Crippen LogP contribution in [-0.2, 0) is 10.1 Å². The third-order valence-electron chi connectivity index (χ3n) is 5.63. The number of carbonyl (C=O) groups is 1. The molecule has 0 bridgehead atoms. The third-order valence-corrected chi connectivity index (χ3v) is 5.89. The van der Waals surface area contributed by atoms with Gasteiger partial charge in [0.1, 0.15) is 11.5 Å². The SMILES string of the molecule is COc1cc2nccc(Oc3ccc4c(C(=O)Nc5ccc(Cl)cc5)cccc4c3)c2cc1OC.CS(=O)(=O)O. The Kier molecular flexibility index (Phi) is 8.73. The van der Waals surface area contributed by atoms with Crippen molar-refractivity contribution in [3.05, 3.63) is 95.6 Å². The van der Waals surface area contributed by atoms with Crippen LogP contribution in [0.25, 0.3) is 21.7 Å². The monoisotopic (exact) mass is 580 g/mol. The van der Waals surface area contributed by atoms with Crippen molar-refractivity contribution in [2.75, 3.05) is 25.8 Å². The Bertz CT molecular complexity index is 1780. The number of nitrogens with zero attached hydrogens (tertiary/aromatic N) is 1. The minimum atomic E-state index is -3.67. The summed E-state index contributed by atoms with van der Waals surface area (Å²) in [5.41, 5.74) is 1.96. The molecule has 1 amide bonds. The quantitative estimate of drug-likeness (QED) is 0.215. The maximum atomic E-state index is 12.9. The molecular formula is C29H25ClN2O7S. The molecular weight excluding hydrogens is 556 g/mol. The van der Waals surface area contributed by atoms with Gasteiger partial charge in [0.2, 0.25) is 0 Å². The molecule has 0 saturated heterocycles. The van der Waals surface area contributed by atoms with Crippen LogP contribution in [0.4, 0.5) is 5.69 Å². The Morgan fingerprint density at radius 3 is 2.23 bits per heavy atom. The Morgan fingerprint density at radius 1 is 0.875 bits per heavy atom. The summed E-state index contributed by atoms with van der Waals surface area (Å²) in [4.78, 5) is 17.4. The Labute approximate surface area is 236 Å². The number of amides is 1. The number of fused-ring (bicyclic) bond motifs is 2. The Hall–Kier alpha value is -4.38. The number of hydrogen-bond donors (Lipinski definition) is 2. The largest absolute Gasteiger partial charge is 0.493 e. The minimum Gasteiger partial charge on any atom is -0.493 e. The lowest BCUT2D eigenvalue weighted by molar-refractivity contribution is 0.102. The van der Waals surface area contributed by atoms with Crippen LogP contribution in [0.1, 0.15) is 10.4 Å². The van der Waals surface area contributed by atoms with Crippen molar-refractivity contribution in [2.24, 2.45) is 0 Å². The van der Waals surface area contributed by atoms with Gasteiger partial charge in [-0.15, -0.1) is 0 Å². The second kappa shape index (κ2) is 12.2. The van der Waals surface area contributed by atoms with E-state index in [1.807, 2.05) is 42.5 Å². The van der Waals surface area contributed by atoms with E-state index < -0.39 is 10.1 Å². The number of benzene rings is 4. The molecule has 1 heterocycles. The summed E-state index contributed by atoms with van der Waals surface area (Å²) < 4.78 is 42.9. The van der Waals surface area contributed by atoms with E-state index >= 15 is 0 Å². The van der Waals surface area contributed by atoms with Crippen LogP contribution in [0.2, 0.25) is 5.02 Å². The number of rotatable bonds is 6. The molecule has 2 N–H and O–H groups in total. The average molecular weight is 581 g/mol. The van der Waals surface area contributed by atoms with Crippen molar-refractivity contribution in [2.45, 2.75) is 0 Å². The highest BCUT2D eigenvalue weighted by atomic mass is 35.5. The summed E-state index contributed by atoms with van der Waals surface area (Å²) in [6, 6.07) is 23.7. The molecule has 9 nitrogen and oxygen atoms in total. The molecule has 206 valence electrons. The van der Waals surface area contributed by atoms with E-state index in [9.17, 15) is 13.2 Å². The molecule has 40 heavy (non-hydrogen) atoms. The molecule has 5 rings (SSSR count). The number of hydrogen-bond acceptors (Lipinski definition) is 7. The molecule has 4 aromatic carbocycles. The maximum absolute atomic E-state index is 12.9. The molecule has 11 heteroatoms. The van der Waals surface area contributed by atoms with Crippen molar-refractivity contribution in [3.8, 4) is 23.0 Å². The van der Waals surface area contributed by atoms with Gasteiger partial charge in [0.25, 0.3) is 16.0 Å². The molecule has 0 aliphatic rings. The van der Waals surface area contributed by atoms with Crippen LogP contribution in [0.5, 0.6) is 23.0 Å². The second-order valence-corrected chi connectivity index (χ2v) is 10.4. The normalized spacial score (nSPS) is 10.9. The lowest BCUT2D eigenvalue weighted by atomic mass is 10.0. The number of aromatic nitrogens is 1. The van der Waals surface area contributed by atoms with E-state index in [4.69, 9.17) is 30.4 Å². The standard InChI is InChI=1S/C28H21ClN2O4.CH4O3S/c1-33-26-15-23-24(16-27(26)34-2)30-13-12-25(23)35-20-10-11-21-17(14-20)4-3-5-22(21)28(32)31-19-8-6-18(29)7-9-19;1-5(2,3)4/h3-16H,1-2H3,(H,31,32);1H3,(H,2,3,4). The summed E-state index contributed by atoms with van der Waals surface area (Å²) in [5, 5.41) is 6.01. The molecule has 0 spiro atoms. The van der Waals surface area contributed by atoms with E-state index in [-0.39, 0.29) is 5.91 Å². The fourth-order valence-corrected chi connectivity index (χ4v) is 4.04. The highest BCUT2D eigenvalue weighted by Crippen LogP contribution is 2.37. The zero-order valence-corrected chi connectivity index (χ0v) is 23.3. The topological polar surface area (TPSA) is 124 Å². The summed E-state index contributed by atoms with van der Waals surface area (Å²) in [6.45, 7) is 0. The molecule has 1 aromatic heterocycles. The van der Waals surface area contributed by atoms with Gasteiger partial charge < -0.3 is 19.5 Å². The highest BCUT2D eigenvalue weighted by Gasteiger charge is 2.14. The van der Waals surface area contributed by atoms with Gasteiger partial charge in [-0.2, -0.15) is 8.42 Å². The molecule has 0 fully saturated rings. The second-order valence-electron chi connectivity index (χ2n) is 8.52. The van der Waals surface area contributed by atoms with Crippen LogP contribution >= 0.6 is 11.6 Å². The molecule has 0 saturated carbocycles.